The summed E-state index contributed by atoms with van der Waals surface area (Å²) < 4.78 is 24.4. The molecule has 5 heteroatoms. The molecule has 1 aliphatic heterocycles. The van der Waals surface area contributed by atoms with Crippen LogP contribution in [0.15, 0.2) is 18.2 Å². The number of hydrogen-bond donors (Lipinski definition) is 1. The van der Waals surface area contributed by atoms with Crippen LogP contribution in [0, 0.1) is 5.82 Å². The lowest BCUT2D eigenvalue weighted by molar-refractivity contribution is 0.0322. The molecule has 0 amide bonds. The Balaban J connectivity index is 1.80. The third kappa shape index (κ3) is 4.36. The first-order valence-electron chi connectivity index (χ1n) is 6.76. The molecule has 19 heavy (non-hydrogen) atoms. The van der Waals surface area contributed by atoms with Gasteiger partial charge in [0.05, 0.1) is 18.9 Å². The fourth-order valence-corrected chi connectivity index (χ4v) is 2.04. The minimum Gasteiger partial charge on any atom is -0.492 e. The smallest absolute Gasteiger partial charge is 0.146 e. The number of halogens is 1. The summed E-state index contributed by atoms with van der Waals surface area (Å²) >= 11 is 0. The molecule has 0 radical (unpaired) electrons. The van der Waals surface area contributed by atoms with E-state index in [1.54, 1.807) is 12.1 Å². The average Bonchev–Trinajstić information content (AvgIpc) is 2.44. The van der Waals surface area contributed by atoms with E-state index >= 15 is 0 Å². The van der Waals surface area contributed by atoms with Gasteiger partial charge >= 0.3 is 0 Å². The predicted octanol–water partition coefficient (Wildman–Crippen LogP) is 1.97. The van der Waals surface area contributed by atoms with Gasteiger partial charge in [-0.1, -0.05) is 0 Å². The van der Waals surface area contributed by atoms with Crippen LogP contribution >= 0.6 is 0 Å². The Morgan fingerprint density at radius 2 is 2.16 bits per heavy atom. The maximum absolute atomic E-state index is 13.4. The first kappa shape index (κ1) is 14.1. The molecule has 0 aliphatic carbocycles. The highest BCUT2D eigenvalue weighted by Crippen LogP contribution is 2.21. The molecule has 1 aromatic carbocycles. The van der Waals surface area contributed by atoms with Crippen molar-refractivity contribution in [3.05, 3.63) is 24.0 Å². The van der Waals surface area contributed by atoms with Gasteiger partial charge in [0.25, 0.3) is 0 Å². The van der Waals surface area contributed by atoms with E-state index in [2.05, 4.69) is 10.2 Å². The Morgan fingerprint density at radius 3 is 2.89 bits per heavy atom. The maximum atomic E-state index is 13.4. The third-order valence-electron chi connectivity index (χ3n) is 3.09. The molecule has 0 aromatic heterocycles. The molecule has 2 rings (SSSR count). The largest absolute Gasteiger partial charge is 0.492 e. The van der Waals surface area contributed by atoms with Gasteiger partial charge in [0.2, 0.25) is 0 Å². The zero-order valence-electron chi connectivity index (χ0n) is 11.3. The number of benzene rings is 1. The van der Waals surface area contributed by atoms with Crippen LogP contribution in [0.25, 0.3) is 0 Å². The minimum absolute atomic E-state index is 0.248. The third-order valence-corrected chi connectivity index (χ3v) is 3.09. The quantitative estimate of drug-likeness (QED) is 0.855. The second-order valence-electron chi connectivity index (χ2n) is 4.47. The van der Waals surface area contributed by atoms with Crippen molar-refractivity contribution in [1.82, 2.24) is 4.90 Å². The minimum atomic E-state index is -0.248. The Labute approximate surface area is 113 Å². The molecule has 1 aromatic rings. The summed E-state index contributed by atoms with van der Waals surface area (Å²) in [6.07, 6.45) is 0. The van der Waals surface area contributed by atoms with E-state index in [1.165, 1.54) is 6.07 Å². The van der Waals surface area contributed by atoms with Crippen LogP contribution in [0.2, 0.25) is 0 Å². The molecule has 1 N–H and O–H groups in total. The molecule has 0 atom stereocenters. The summed E-state index contributed by atoms with van der Waals surface area (Å²) in [5.74, 6) is 0.452. The topological polar surface area (TPSA) is 33.7 Å². The van der Waals surface area contributed by atoms with Crippen molar-refractivity contribution in [2.75, 3.05) is 51.3 Å². The van der Waals surface area contributed by atoms with Crippen LogP contribution in [0.4, 0.5) is 10.1 Å². The van der Waals surface area contributed by atoms with E-state index in [1.807, 2.05) is 6.92 Å². The van der Waals surface area contributed by atoms with Gasteiger partial charge in [-0.3, -0.25) is 4.90 Å². The Hall–Kier alpha value is -1.33. The van der Waals surface area contributed by atoms with E-state index in [-0.39, 0.29) is 5.82 Å². The molecule has 1 aliphatic rings. The summed E-state index contributed by atoms with van der Waals surface area (Å²) in [6, 6.07) is 4.80. The van der Waals surface area contributed by atoms with Crippen LogP contribution in [-0.2, 0) is 4.74 Å². The van der Waals surface area contributed by atoms with Crippen molar-refractivity contribution in [1.29, 1.82) is 0 Å². The second kappa shape index (κ2) is 7.31. The summed E-state index contributed by atoms with van der Waals surface area (Å²) in [5.41, 5.74) is 0.492. The van der Waals surface area contributed by atoms with E-state index in [9.17, 15) is 4.39 Å². The fourth-order valence-electron chi connectivity index (χ4n) is 2.04. The Morgan fingerprint density at radius 1 is 1.37 bits per heavy atom. The van der Waals surface area contributed by atoms with Crippen LogP contribution in [0.3, 0.4) is 0 Å². The highest BCUT2D eigenvalue weighted by atomic mass is 19.1. The Kier molecular flexibility index (Phi) is 5.42. The van der Waals surface area contributed by atoms with E-state index in [0.29, 0.717) is 24.6 Å². The van der Waals surface area contributed by atoms with Crippen molar-refractivity contribution in [2.24, 2.45) is 0 Å². The molecule has 1 fully saturated rings. The average molecular weight is 268 g/mol. The zero-order valence-corrected chi connectivity index (χ0v) is 11.3. The number of nitrogens with one attached hydrogen (secondary N) is 1. The number of hydrogen-bond acceptors (Lipinski definition) is 4. The molecule has 1 heterocycles. The number of ether oxygens (including phenoxy) is 2. The first-order valence-corrected chi connectivity index (χ1v) is 6.76. The van der Waals surface area contributed by atoms with Crippen molar-refractivity contribution < 1.29 is 13.9 Å². The molecule has 0 unspecified atom stereocenters. The fraction of sp³-hybridized carbons (Fsp3) is 0.571. The van der Waals surface area contributed by atoms with Crippen molar-refractivity contribution in [3.63, 3.8) is 0 Å². The zero-order chi connectivity index (χ0) is 13.5. The molecule has 4 nitrogen and oxygen atoms in total. The van der Waals surface area contributed by atoms with Gasteiger partial charge in [-0.05, 0) is 19.1 Å². The highest BCUT2D eigenvalue weighted by molar-refractivity contribution is 5.49. The van der Waals surface area contributed by atoms with Gasteiger partial charge in [0.15, 0.2) is 0 Å². The Bertz CT molecular complexity index is 395. The number of anilines is 1. The van der Waals surface area contributed by atoms with Gasteiger partial charge in [-0.15, -0.1) is 0 Å². The van der Waals surface area contributed by atoms with Gasteiger partial charge in [0.1, 0.15) is 18.2 Å². The summed E-state index contributed by atoms with van der Waals surface area (Å²) in [6.45, 7) is 7.60. The number of nitrogens with zero attached hydrogens (tertiary/aromatic N) is 1. The summed E-state index contributed by atoms with van der Waals surface area (Å²) in [7, 11) is 0. The number of rotatable bonds is 6. The lowest BCUT2D eigenvalue weighted by Crippen LogP contribution is -2.38. The van der Waals surface area contributed by atoms with Gasteiger partial charge in [-0.25, -0.2) is 4.39 Å². The van der Waals surface area contributed by atoms with Crippen LogP contribution < -0.4 is 10.1 Å². The molecular formula is C14H21FN2O2. The molecule has 106 valence electrons. The lowest BCUT2D eigenvalue weighted by atomic mass is 10.3. The van der Waals surface area contributed by atoms with Crippen molar-refractivity contribution in [3.8, 4) is 5.75 Å². The number of morpholine rings is 1. The maximum Gasteiger partial charge on any atom is 0.146 e. The summed E-state index contributed by atoms with van der Waals surface area (Å²) in [4.78, 5) is 2.30. The second-order valence-corrected chi connectivity index (χ2v) is 4.47. The van der Waals surface area contributed by atoms with Crippen molar-refractivity contribution >= 4 is 5.69 Å². The van der Waals surface area contributed by atoms with Gasteiger partial charge < -0.3 is 14.8 Å². The van der Waals surface area contributed by atoms with Gasteiger partial charge in [-0.2, -0.15) is 0 Å². The summed E-state index contributed by atoms with van der Waals surface area (Å²) in [5, 5.41) is 2.97. The van der Waals surface area contributed by atoms with Crippen LogP contribution in [0.1, 0.15) is 6.92 Å². The van der Waals surface area contributed by atoms with Gasteiger partial charge in [0, 0.05) is 32.2 Å². The first-order chi connectivity index (χ1) is 9.29. The molecular weight excluding hydrogens is 247 g/mol. The predicted molar refractivity (Wildman–Crippen MR) is 73.3 cm³/mol. The monoisotopic (exact) mass is 268 g/mol. The van der Waals surface area contributed by atoms with Crippen LogP contribution in [0.5, 0.6) is 5.75 Å². The van der Waals surface area contributed by atoms with E-state index < -0.39 is 0 Å². The lowest BCUT2D eigenvalue weighted by Gasteiger charge is -2.26. The van der Waals surface area contributed by atoms with E-state index in [0.717, 1.165) is 32.8 Å². The van der Waals surface area contributed by atoms with Crippen molar-refractivity contribution in [2.45, 2.75) is 6.92 Å². The highest BCUT2D eigenvalue weighted by Gasteiger charge is 2.10. The molecule has 1 saturated heterocycles. The standard InChI is InChI=1S/C14H21FN2O2/c1-2-16-14-11-12(3-4-13(14)15)19-10-7-17-5-8-18-9-6-17/h3-4,11,16H,2,5-10H2,1H3. The molecule has 0 bridgehead atoms. The van der Waals surface area contributed by atoms with Crippen LogP contribution in [-0.4, -0.2) is 50.9 Å². The van der Waals surface area contributed by atoms with E-state index in [4.69, 9.17) is 9.47 Å². The molecule has 0 spiro atoms. The SMILES string of the molecule is CCNc1cc(OCCN2CCOCC2)ccc1F. The normalized spacial score (nSPS) is 16.3. The molecule has 0 saturated carbocycles.